The molecule has 1 saturated heterocycles. The fraction of sp³-hybridized carbons (Fsp3) is 0.680. The Labute approximate surface area is 190 Å². The van der Waals surface area contributed by atoms with E-state index in [2.05, 4.69) is 60.5 Å². The average molecular weight is 435 g/mol. The molecule has 4 aliphatic rings. The van der Waals surface area contributed by atoms with E-state index >= 15 is 0 Å². The molecule has 6 rings (SSSR count). The van der Waals surface area contributed by atoms with E-state index in [1.54, 1.807) is 19.2 Å². The fourth-order valence-corrected chi connectivity index (χ4v) is 7.35. The first-order chi connectivity index (χ1) is 15.1. The zero-order valence-electron chi connectivity index (χ0n) is 20.1. The number of fused-ring (bicyclic) bond motifs is 1. The van der Waals surface area contributed by atoms with Gasteiger partial charge in [-0.05, 0) is 62.0 Å². The molecular formula is C25H34N6O. The first-order valence-electron chi connectivity index (χ1n) is 12.0. The van der Waals surface area contributed by atoms with E-state index < -0.39 is 0 Å². The number of pyridine rings is 1. The second-order valence-corrected chi connectivity index (χ2v) is 10.9. The lowest BCUT2D eigenvalue weighted by Gasteiger charge is -2.79. The van der Waals surface area contributed by atoms with Gasteiger partial charge in [-0.1, -0.05) is 20.8 Å². The lowest BCUT2D eigenvalue weighted by atomic mass is 9.28. The minimum atomic E-state index is -0.288. The van der Waals surface area contributed by atoms with E-state index in [0.717, 1.165) is 19.0 Å². The van der Waals surface area contributed by atoms with Crippen molar-refractivity contribution < 1.29 is 0 Å². The zero-order valence-corrected chi connectivity index (χ0v) is 20.1. The molecule has 7 heteroatoms. The number of nitriles is 1. The Kier molecular flexibility index (Phi) is 4.69. The maximum absolute atomic E-state index is 12.6. The first-order valence-corrected chi connectivity index (χ1v) is 12.0. The van der Waals surface area contributed by atoms with Gasteiger partial charge in [0.2, 0.25) is 0 Å². The van der Waals surface area contributed by atoms with Crippen molar-refractivity contribution in [3.05, 3.63) is 28.3 Å². The van der Waals surface area contributed by atoms with Crippen molar-refractivity contribution >= 4 is 16.9 Å². The molecule has 170 valence electrons. The van der Waals surface area contributed by atoms with E-state index in [9.17, 15) is 10.1 Å². The third kappa shape index (κ3) is 2.71. The molecule has 32 heavy (non-hydrogen) atoms. The van der Waals surface area contributed by atoms with Crippen molar-refractivity contribution in [1.29, 1.82) is 5.26 Å². The molecule has 1 unspecified atom stereocenters. The zero-order chi connectivity index (χ0) is 23.0. The van der Waals surface area contributed by atoms with Gasteiger partial charge in [0.1, 0.15) is 17.3 Å². The van der Waals surface area contributed by atoms with Crippen LogP contribution in [0.15, 0.2) is 16.9 Å². The second kappa shape index (κ2) is 7.02. The summed E-state index contributed by atoms with van der Waals surface area (Å²) in [5, 5.41) is 9.37. The Morgan fingerprint density at radius 2 is 1.91 bits per heavy atom. The maximum atomic E-state index is 12.6. The number of piperazine rings is 1. The monoisotopic (exact) mass is 434 g/mol. The Balaban J connectivity index is 1.48. The van der Waals surface area contributed by atoms with Crippen LogP contribution >= 0.6 is 0 Å². The number of nitrogens with zero attached hydrogens (tertiary/aromatic N) is 6. The van der Waals surface area contributed by atoms with Gasteiger partial charge >= 0.3 is 5.69 Å². The molecule has 1 aliphatic heterocycles. The third-order valence-electron chi connectivity index (χ3n) is 9.18. The van der Waals surface area contributed by atoms with Gasteiger partial charge in [0, 0.05) is 38.3 Å². The van der Waals surface area contributed by atoms with Crippen LogP contribution in [0.4, 0.5) is 5.82 Å². The topological polar surface area (TPSA) is 78.0 Å². The summed E-state index contributed by atoms with van der Waals surface area (Å²) >= 11 is 0. The van der Waals surface area contributed by atoms with E-state index in [1.165, 1.54) is 23.8 Å². The van der Waals surface area contributed by atoms with Gasteiger partial charge in [-0.15, -0.1) is 0 Å². The normalized spacial score (nSPS) is 35.2. The van der Waals surface area contributed by atoms with Gasteiger partial charge in [-0.3, -0.25) is 9.47 Å². The fourth-order valence-electron chi connectivity index (χ4n) is 7.35. The van der Waals surface area contributed by atoms with Crippen LogP contribution in [0.2, 0.25) is 0 Å². The van der Waals surface area contributed by atoms with Crippen molar-refractivity contribution in [2.45, 2.75) is 72.0 Å². The van der Waals surface area contributed by atoms with Crippen LogP contribution in [-0.4, -0.2) is 50.7 Å². The number of anilines is 1. The van der Waals surface area contributed by atoms with Crippen LogP contribution in [0.25, 0.3) is 11.0 Å². The molecule has 7 nitrogen and oxygen atoms in total. The summed E-state index contributed by atoms with van der Waals surface area (Å²) < 4.78 is 1.51. The van der Waals surface area contributed by atoms with Gasteiger partial charge in [0.15, 0.2) is 5.82 Å². The van der Waals surface area contributed by atoms with Crippen molar-refractivity contribution in [3.63, 3.8) is 0 Å². The molecule has 2 bridgehead atoms. The molecule has 3 heterocycles. The average Bonchev–Trinajstić information content (AvgIpc) is 2.77. The summed E-state index contributed by atoms with van der Waals surface area (Å²) in [6, 6.07) is 6.74. The molecule has 2 aromatic heterocycles. The van der Waals surface area contributed by atoms with Crippen LogP contribution in [-0.2, 0) is 7.05 Å². The molecule has 3 aliphatic carbocycles. The molecule has 3 saturated carbocycles. The van der Waals surface area contributed by atoms with Crippen LogP contribution in [0, 0.1) is 28.1 Å². The highest BCUT2D eigenvalue weighted by Gasteiger charge is 2.73. The number of aromatic nitrogens is 3. The van der Waals surface area contributed by atoms with Crippen molar-refractivity contribution in [2.75, 3.05) is 18.0 Å². The largest absolute Gasteiger partial charge is 0.349 e. The van der Waals surface area contributed by atoms with E-state index in [1.807, 2.05) is 0 Å². The minimum Gasteiger partial charge on any atom is -0.349 e. The van der Waals surface area contributed by atoms with Crippen LogP contribution in [0.5, 0.6) is 0 Å². The highest BCUT2D eigenvalue weighted by atomic mass is 16.1. The highest BCUT2D eigenvalue weighted by molar-refractivity contribution is 5.86. The molecule has 0 aromatic carbocycles. The van der Waals surface area contributed by atoms with Crippen molar-refractivity contribution in [1.82, 2.24) is 19.4 Å². The van der Waals surface area contributed by atoms with Crippen LogP contribution in [0.1, 0.15) is 59.6 Å². The molecule has 2 aromatic rings. The van der Waals surface area contributed by atoms with Crippen LogP contribution in [0.3, 0.4) is 0 Å². The molecule has 4 atom stereocenters. The molecular weight excluding hydrogens is 400 g/mol. The predicted octanol–water partition coefficient (Wildman–Crippen LogP) is 3.31. The van der Waals surface area contributed by atoms with E-state index in [-0.39, 0.29) is 11.7 Å². The molecule has 4 fully saturated rings. The predicted molar refractivity (Wildman–Crippen MR) is 125 cm³/mol. The van der Waals surface area contributed by atoms with E-state index in [4.69, 9.17) is 0 Å². The number of aryl methyl sites for hydroxylation is 1. The van der Waals surface area contributed by atoms with Crippen molar-refractivity contribution in [3.8, 4) is 6.07 Å². The highest BCUT2D eigenvalue weighted by Crippen LogP contribution is 2.79. The van der Waals surface area contributed by atoms with Gasteiger partial charge in [0.05, 0.1) is 5.52 Å². The number of rotatable bonds is 4. The quantitative estimate of drug-likeness (QED) is 0.735. The molecule has 0 spiro atoms. The standard InChI is InChI=1S/C25H34N6O/c1-7-20(25-13-24(5,14-25)17(25)4)30-11-16(3)31(12-15(30)2)22-21-19(29(6)23(32)28-22)9-8-18(10-26)27-21/h8-9,15-17,20H,7,11-14H2,1-6H3/t15-,16+,17-,20?,24?,25?/m1/s1. The third-order valence-corrected chi connectivity index (χ3v) is 9.18. The summed E-state index contributed by atoms with van der Waals surface area (Å²) in [6.07, 6.45) is 3.91. The second-order valence-electron chi connectivity index (χ2n) is 10.9. The Bertz CT molecular complexity index is 1170. The summed E-state index contributed by atoms with van der Waals surface area (Å²) in [6.45, 7) is 13.5. The number of hydrogen-bond acceptors (Lipinski definition) is 6. The van der Waals surface area contributed by atoms with Gasteiger partial charge in [-0.2, -0.15) is 10.2 Å². The van der Waals surface area contributed by atoms with Gasteiger partial charge in [0.25, 0.3) is 0 Å². The summed E-state index contributed by atoms with van der Waals surface area (Å²) in [5.74, 6) is 1.41. The lowest BCUT2D eigenvalue weighted by molar-refractivity contribution is -0.293. The summed E-state index contributed by atoms with van der Waals surface area (Å²) in [4.78, 5) is 26.6. The SMILES string of the molecule is CCC(N1C[C@H](C)N(c2nc(=O)n(C)c3ccc(C#N)nc23)C[C@H]1C)C12CC(C)(C1)[C@H]2C. The lowest BCUT2D eigenvalue weighted by Crippen LogP contribution is -2.76. The Hall–Kier alpha value is -2.46. The Morgan fingerprint density at radius 1 is 1.19 bits per heavy atom. The van der Waals surface area contributed by atoms with Gasteiger partial charge in [-0.25, -0.2) is 9.78 Å². The smallest absolute Gasteiger partial charge is 0.349 e. The van der Waals surface area contributed by atoms with Crippen molar-refractivity contribution in [2.24, 2.45) is 23.8 Å². The van der Waals surface area contributed by atoms with Gasteiger partial charge < -0.3 is 4.90 Å². The van der Waals surface area contributed by atoms with E-state index in [0.29, 0.717) is 45.5 Å². The Morgan fingerprint density at radius 3 is 2.50 bits per heavy atom. The summed E-state index contributed by atoms with van der Waals surface area (Å²) in [5.41, 5.74) is 2.45. The molecule has 0 radical (unpaired) electrons. The maximum Gasteiger partial charge on any atom is 0.349 e. The molecule has 0 amide bonds. The molecule has 0 N–H and O–H groups in total. The van der Waals surface area contributed by atoms with Crippen LogP contribution < -0.4 is 10.6 Å². The number of hydrogen-bond donors (Lipinski definition) is 0. The first kappa shape index (κ1) is 21.4. The minimum absolute atomic E-state index is 0.203. The summed E-state index contributed by atoms with van der Waals surface area (Å²) in [7, 11) is 1.70.